The van der Waals surface area contributed by atoms with Gasteiger partial charge in [-0.05, 0) is 25.8 Å². The van der Waals surface area contributed by atoms with E-state index in [-0.39, 0.29) is 0 Å². The van der Waals surface area contributed by atoms with Crippen LogP contribution in [-0.4, -0.2) is 13.1 Å². The molecule has 1 heteroatoms. The number of hydrogen-bond donors (Lipinski definition) is 1. The van der Waals surface area contributed by atoms with Gasteiger partial charge < -0.3 is 5.32 Å². The van der Waals surface area contributed by atoms with Crippen molar-refractivity contribution in [2.45, 2.75) is 38.6 Å². The average molecular weight is 127 g/mol. The predicted molar refractivity (Wildman–Crippen MR) is 40.5 cm³/mol. The Bertz CT molecular complexity index is 80.6. The minimum Gasteiger partial charge on any atom is -0.317 e. The van der Waals surface area contributed by atoms with E-state index in [4.69, 9.17) is 0 Å². The first-order valence-corrected chi connectivity index (χ1v) is 4.00. The van der Waals surface area contributed by atoms with Crippen LogP contribution < -0.4 is 5.32 Å². The lowest BCUT2D eigenvalue weighted by molar-refractivity contribution is 0.314. The van der Waals surface area contributed by atoms with Gasteiger partial charge in [-0.25, -0.2) is 0 Å². The Hall–Kier alpha value is -0.0400. The zero-order valence-electron chi connectivity index (χ0n) is 6.48. The van der Waals surface area contributed by atoms with Crippen molar-refractivity contribution in [2.75, 3.05) is 7.05 Å². The molecule has 1 saturated carbocycles. The van der Waals surface area contributed by atoms with Gasteiger partial charge in [0.25, 0.3) is 0 Å². The van der Waals surface area contributed by atoms with Crippen molar-refractivity contribution in [3.8, 4) is 0 Å². The van der Waals surface area contributed by atoms with Gasteiger partial charge in [0, 0.05) is 6.04 Å². The molecule has 0 bridgehead atoms. The van der Waals surface area contributed by atoms with Gasteiger partial charge in [-0.1, -0.05) is 19.8 Å². The molecule has 0 radical (unpaired) electrons. The van der Waals surface area contributed by atoms with Gasteiger partial charge in [-0.15, -0.1) is 0 Å². The summed E-state index contributed by atoms with van der Waals surface area (Å²) in [7, 11) is 2.07. The second-order valence-electron chi connectivity index (χ2n) is 3.26. The Labute approximate surface area is 57.8 Å². The first kappa shape index (κ1) is 7.07. The third-order valence-electron chi connectivity index (χ3n) is 2.34. The van der Waals surface area contributed by atoms with Crippen molar-refractivity contribution in [1.29, 1.82) is 0 Å². The molecular formula is C8H17N. The largest absolute Gasteiger partial charge is 0.317 e. The molecule has 1 aliphatic carbocycles. The van der Waals surface area contributed by atoms with Crippen LogP contribution in [0.3, 0.4) is 0 Å². The monoisotopic (exact) mass is 127 g/mol. The van der Waals surface area contributed by atoms with Crippen LogP contribution in [0, 0.1) is 5.92 Å². The van der Waals surface area contributed by atoms with Crippen molar-refractivity contribution >= 4 is 0 Å². The molecule has 0 aromatic carbocycles. The Morgan fingerprint density at radius 3 is 2.56 bits per heavy atom. The van der Waals surface area contributed by atoms with Gasteiger partial charge in [-0.3, -0.25) is 0 Å². The van der Waals surface area contributed by atoms with Crippen LogP contribution in [0.5, 0.6) is 0 Å². The Morgan fingerprint density at radius 1 is 1.33 bits per heavy atom. The minimum atomic E-state index is 0.814. The summed E-state index contributed by atoms with van der Waals surface area (Å²) in [5.74, 6) is 0.955. The summed E-state index contributed by atoms with van der Waals surface area (Å²) in [6.45, 7) is 2.35. The predicted octanol–water partition coefficient (Wildman–Crippen LogP) is 1.78. The summed E-state index contributed by atoms with van der Waals surface area (Å²) in [5, 5.41) is 3.33. The van der Waals surface area contributed by atoms with Gasteiger partial charge >= 0.3 is 0 Å². The molecule has 1 nitrogen and oxygen atoms in total. The van der Waals surface area contributed by atoms with Crippen LogP contribution in [0.4, 0.5) is 0 Å². The lowest BCUT2D eigenvalue weighted by Gasteiger charge is -2.25. The van der Waals surface area contributed by atoms with Gasteiger partial charge in [0.1, 0.15) is 0 Å². The van der Waals surface area contributed by atoms with Gasteiger partial charge in [0.15, 0.2) is 0 Å². The van der Waals surface area contributed by atoms with Gasteiger partial charge in [0.05, 0.1) is 0 Å². The van der Waals surface area contributed by atoms with E-state index in [1.165, 1.54) is 25.7 Å². The van der Waals surface area contributed by atoms with Crippen molar-refractivity contribution < 1.29 is 0 Å². The Balaban J connectivity index is 2.23. The van der Waals surface area contributed by atoms with E-state index in [1.807, 2.05) is 0 Å². The highest BCUT2D eigenvalue weighted by atomic mass is 14.9. The third-order valence-corrected chi connectivity index (χ3v) is 2.34. The maximum Gasteiger partial charge on any atom is 0.00666 e. The number of hydrogen-bond acceptors (Lipinski definition) is 1. The maximum atomic E-state index is 3.33. The van der Waals surface area contributed by atoms with Crippen LogP contribution in [-0.2, 0) is 0 Å². The molecular weight excluding hydrogens is 110 g/mol. The lowest BCUT2D eigenvalue weighted by atomic mass is 9.87. The highest BCUT2D eigenvalue weighted by molar-refractivity contribution is 4.73. The Morgan fingerprint density at radius 2 is 2.11 bits per heavy atom. The third kappa shape index (κ3) is 1.98. The summed E-state index contributed by atoms with van der Waals surface area (Å²) in [5.41, 5.74) is 0. The summed E-state index contributed by atoms with van der Waals surface area (Å²) in [6, 6.07) is 0.814. The first-order valence-electron chi connectivity index (χ1n) is 4.00. The van der Waals surface area contributed by atoms with E-state index in [0.29, 0.717) is 0 Å². The highest BCUT2D eigenvalue weighted by Crippen LogP contribution is 2.22. The molecule has 0 unspecified atom stereocenters. The molecule has 2 atom stereocenters. The van der Waals surface area contributed by atoms with E-state index in [1.54, 1.807) is 0 Å². The minimum absolute atomic E-state index is 0.814. The van der Waals surface area contributed by atoms with E-state index >= 15 is 0 Å². The second-order valence-corrected chi connectivity index (χ2v) is 3.26. The van der Waals surface area contributed by atoms with Crippen LogP contribution in [0.15, 0.2) is 0 Å². The molecule has 9 heavy (non-hydrogen) atoms. The summed E-state index contributed by atoms with van der Waals surface area (Å²) in [6.07, 6.45) is 5.64. The fourth-order valence-corrected chi connectivity index (χ4v) is 1.70. The summed E-state index contributed by atoms with van der Waals surface area (Å²) in [4.78, 5) is 0. The molecule has 54 valence electrons. The van der Waals surface area contributed by atoms with E-state index in [2.05, 4.69) is 19.3 Å². The molecule has 1 N–H and O–H groups in total. The molecule has 1 aliphatic rings. The van der Waals surface area contributed by atoms with E-state index < -0.39 is 0 Å². The van der Waals surface area contributed by atoms with Crippen molar-refractivity contribution in [3.05, 3.63) is 0 Å². The quantitative estimate of drug-likeness (QED) is 0.566. The smallest absolute Gasteiger partial charge is 0.00666 e. The standard InChI is InChI=1S/C8H17N/c1-7-4-3-5-8(6-7)9-2/h7-9H,3-6H2,1-2H3/t7-,8-/m1/s1. The maximum absolute atomic E-state index is 3.33. The molecule has 0 spiro atoms. The number of rotatable bonds is 1. The number of nitrogens with one attached hydrogen (secondary N) is 1. The lowest BCUT2D eigenvalue weighted by Crippen LogP contribution is -2.30. The molecule has 0 aliphatic heterocycles. The summed E-state index contributed by atoms with van der Waals surface area (Å²) < 4.78 is 0. The second kappa shape index (κ2) is 3.21. The van der Waals surface area contributed by atoms with Crippen LogP contribution in [0.25, 0.3) is 0 Å². The van der Waals surface area contributed by atoms with Gasteiger partial charge in [-0.2, -0.15) is 0 Å². The van der Waals surface area contributed by atoms with Crippen molar-refractivity contribution in [1.82, 2.24) is 5.32 Å². The first-order chi connectivity index (χ1) is 4.33. The average Bonchev–Trinajstić information content (AvgIpc) is 1.88. The normalized spacial score (nSPS) is 36.7. The highest BCUT2D eigenvalue weighted by Gasteiger charge is 2.16. The fourth-order valence-electron chi connectivity index (χ4n) is 1.70. The SMILES string of the molecule is CN[C@@H]1CCC[C@@H](C)C1. The van der Waals surface area contributed by atoms with Crippen LogP contribution >= 0.6 is 0 Å². The van der Waals surface area contributed by atoms with Gasteiger partial charge in [0.2, 0.25) is 0 Å². The zero-order valence-corrected chi connectivity index (χ0v) is 6.48. The molecule has 0 amide bonds. The molecule has 1 rings (SSSR count). The molecule has 0 aromatic rings. The van der Waals surface area contributed by atoms with E-state index in [0.717, 1.165) is 12.0 Å². The summed E-state index contributed by atoms with van der Waals surface area (Å²) >= 11 is 0. The zero-order chi connectivity index (χ0) is 6.69. The van der Waals surface area contributed by atoms with E-state index in [9.17, 15) is 0 Å². The van der Waals surface area contributed by atoms with Crippen LogP contribution in [0.2, 0.25) is 0 Å². The van der Waals surface area contributed by atoms with Crippen molar-refractivity contribution in [3.63, 3.8) is 0 Å². The Kier molecular flexibility index (Phi) is 2.52. The topological polar surface area (TPSA) is 12.0 Å². The van der Waals surface area contributed by atoms with Crippen LogP contribution in [0.1, 0.15) is 32.6 Å². The molecule has 0 saturated heterocycles. The molecule has 0 aromatic heterocycles. The molecule has 1 fully saturated rings. The fraction of sp³-hybridized carbons (Fsp3) is 1.00. The molecule has 0 heterocycles. The van der Waals surface area contributed by atoms with Crippen molar-refractivity contribution in [2.24, 2.45) is 5.92 Å².